The summed E-state index contributed by atoms with van der Waals surface area (Å²) in [5, 5.41) is 2.78. The molecule has 6 nitrogen and oxygen atoms in total. The summed E-state index contributed by atoms with van der Waals surface area (Å²) in [6, 6.07) is 13.5. The van der Waals surface area contributed by atoms with Gasteiger partial charge in [0.2, 0.25) is 15.9 Å². The Hall–Kier alpha value is -2.38. The van der Waals surface area contributed by atoms with Crippen LogP contribution in [0.5, 0.6) is 5.75 Å². The maximum absolute atomic E-state index is 12.5. The molecule has 2 aromatic carbocycles. The van der Waals surface area contributed by atoms with Gasteiger partial charge in [0.25, 0.3) is 0 Å². The van der Waals surface area contributed by atoms with Gasteiger partial charge in [-0.3, -0.25) is 4.79 Å². The highest BCUT2D eigenvalue weighted by atomic mass is 32.2. The third-order valence-corrected chi connectivity index (χ3v) is 6.07. The summed E-state index contributed by atoms with van der Waals surface area (Å²) in [7, 11) is -0.334. The minimum Gasteiger partial charge on any atom is -0.497 e. The van der Waals surface area contributed by atoms with E-state index in [1.807, 2.05) is 19.1 Å². The van der Waals surface area contributed by atoms with Crippen LogP contribution in [0.2, 0.25) is 0 Å². The van der Waals surface area contributed by atoms with Crippen molar-refractivity contribution in [2.45, 2.75) is 31.1 Å². The normalized spacial score (nSPS) is 11.4. The lowest BCUT2D eigenvalue weighted by molar-refractivity contribution is -0.115. The van der Waals surface area contributed by atoms with Crippen LogP contribution in [-0.2, 0) is 21.2 Å². The Morgan fingerprint density at radius 1 is 1.07 bits per heavy atom. The maximum atomic E-state index is 12.5. The van der Waals surface area contributed by atoms with Crippen LogP contribution in [0.15, 0.2) is 53.4 Å². The van der Waals surface area contributed by atoms with Crippen LogP contribution in [0.4, 0.5) is 5.69 Å². The molecule has 0 saturated heterocycles. The van der Waals surface area contributed by atoms with Crippen molar-refractivity contribution < 1.29 is 17.9 Å². The van der Waals surface area contributed by atoms with Crippen molar-refractivity contribution >= 4 is 21.6 Å². The number of hydrogen-bond acceptors (Lipinski definition) is 4. The molecule has 0 atom stereocenters. The summed E-state index contributed by atoms with van der Waals surface area (Å²) >= 11 is 0. The Bertz CT molecular complexity index is 847. The first-order chi connectivity index (χ1) is 12.9. The summed E-state index contributed by atoms with van der Waals surface area (Å²) in [6.45, 7) is 2.50. The highest BCUT2D eigenvalue weighted by molar-refractivity contribution is 7.89. The van der Waals surface area contributed by atoms with Crippen LogP contribution in [0.25, 0.3) is 0 Å². The highest BCUT2D eigenvalue weighted by Gasteiger charge is 2.20. The van der Waals surface area contributed by atoms with E-state index in [1.54, 1.807) is 38.4 Å². The van der Waals surface area contributed by atoms with Crippen molar-refractivity contribution in [1.29, 1.82) is 0 Å². The molecule has 27 heavy (non-hydrogen) atoms. The summed E-state index contributed by atoms with van der Waals surface area (Å²) in [4.78, 5) is 12.4. The Balaban J connectivity index is 1.99. The predicted molar refractivity (Wildman–Crippen MR) is 106 cm³/mol. The zero-order valence-corrected chi connectivity index (χ0v) is 16.8. The van der Waals surface area contributed by atoms with E-state index in [9.17, 15) is 13.2 Å². The molecule has 0 heterocycles. The lowest BCUT2D eigenvalue weighted by Crippen LogP contribution is -2.27. The van der Waals surface area contributed by atoms with Gasteiger partial charge in [0.1, 0.15) is 5.75 Å². The van der Waals surface area contributed by atoms with Crippen LogP contribution in [-0.4, -0.2) is 39.3 Å². The molecule has 0 aliphatic carbocycles. The number of carbonyl (C=O) groups excluding carboxylic acids is 1. The second-order valence-electron chi connectivity index (χ2n) is 6.28. The Kier molecular flexibility index (Phi) is 7.38. The largest absolute Gasteiger partial charge is 0.497 e. The average molecular weight is 391 g/mol. The molecular formula is C20H26N2O4S. The van der Waals surface area contributed by atoms with Gasteiger partial charge in [-0.05, 0) is 48.4 Å². The number of ether oxygens (including phenoxy) is 1. The summed E-state index contributed by atoms with van der Waals surface area (Å²) in [5.74, 6) is 0.565. The van der Waals surface area contributed by atoms with Gasteiger partial charge < -0.3 is 10.1 Å². The van der Waals surface area contributed by atoms with E-state index in [2.05, 4.69) is 5.32 Å². The van der Waals surface area contributed by atoms with Crippen LogP contribution in [0, 0.1) is 0 Å². The first-order valence-corrected chi connectivity index (χ1v) is 10.3. The number of rotatable bonds is 9. The molecule has 0 fully saturated rings. The van der Waals surface area contributed by atoms with Crippen LogP contribution >= 0.6 is 0 Å². The van der Waals surface area contributed by atoms with Gasteiger partial charge in [0.15, 0.2) is 0 Å². The third-order valence-electron chi connectivity index (χ3n) is 4.20. The van der Waals surface area contributed by atoms with Crippen molar-refractivity contribution in [2.24, 2.45) is 0 Å². The first-order valence-electron chi connectivity index (χ1n) is 8.86. The molecule has 146 valence electrons. The van der Waals surface area contributed by atoms with Crippen molar-refractivity contribution in [1.82, 2.24) is 4.31 Å². The number of amides is 1. The maximum Gasteiger partial charge on any atom is 0.242 e. The number of carbonyl (C=O) groups is 1. The molecule has 0 aliphatic rings. The van der Waals surface area contributed by atoms with Crippen molar-refractivity contribution in [3.8, 4) is 5.75 Å². The minimum atomic E-state index is -3.50. The Morgan fingerprint density at radius 2 is 1.70 bits per heavy atom. The molecule has 2 aromatic rings. The van der Waals surface area contributed by atoms with Gasteiger partial charge in [-0.25, -0.2) is 12.7 Å². The molecule has 2 rings (SSSR count). The van der Waals surface area contributed by atoms with Crippen LogP contribution in [0.1, 0.15) is 25.3 Å². The molecule has 0 spiro atoms. The van der Waals surface area contributed by atoms with Crippen molar-refractivity contribution in [2.75, 3.05) is 26.0 Å². The summed E-state index contributed by atoms with van der Waals surface area (Å²) in [6.07, 6.45) is 1.97. The van der Waals surface area contributed by atoms with E-state index in [1.165, 1.54) is 16.4 Å². The van der Waals surface area contributed by atoms with Crippen LogP contribution in [0.3, 0.4) is 0 Å². The number of sulfonamides is 1. The first kappa shape index (κ1) is 20.9. The summed E-state index contributed by atoms with van der Waals surface area (Å²) in [5.41, 5.74) is 1.42. The van der Waals surface area contributed by atoms with E-state index >= 15 is 0 Å². The van der Waals surface area contributed by atoms with Gasteiger partial charge in [-0.15, -0.1) is 0 Å². The standard InChI is InChI=1S/C20H26N2O4S/c1-4-5-14-22(2)27(24,25)19-12-8-17(9-13-19)21-20(23)15-16-6-10-18(26-3)11-7-16/h6-13H,4-5,14-15H2,1-3H3,(H,21,23). The number of hydrogen-bond donors (Lipinski definition) is 1. The summed E-state index contributed by atoms with van der Waals surface area (Å²) < 4.78 is 31.4. The molecule has 0 unspecified atom stereocenters. The molecule has 7 heteroatoms. The number of nitrogens with one attached hydrogen (secondary N) is 1. The Labute approximate surface area is 161 Å². The number of benzene rings is 2. The fraction of sp³-hybridized carbons (Fsp3) is 0.350. The molecule has 0 bridgehead atoms. The molecule has 1 N–H and O–H groups in total. The highest BCUT2D eigenvalue weighted by Crippen LogP contribution is 2.18. The van der Waals surface area contributed by atoms with Crippen molar-refractivity contribution in [3.05, 3.63) is 54.1 Å². The zero-order valence-electron chi connectivity index (χ0n) is 15.9. The second kappa shape index (κ2) is 9.53. The average Bonchev–Trinajstić information content (AvgIpc) is 2.67. The van der Waals surface area contributed by atoms with Crippen molar-refractivity contribution in [3.63, 3.8) is 0 Å². The fourth-order valence-electron chi connectivity index (χ4n) is 2.53. The number of nitrogens with zero attached hydrogens (tertiary/aromatic N) is 1. The fourth-order valence-corrected chi connectivity index (χ4v) is 3.73. The number of methoxy groups -OCH3 is 1. The van der Waals surface area contributed by atoms with Gasteiger partial charge in [-0.1, -0.05) is 25.5 Å². The van der Waals surface area contributed by atoms with Gasteiger partial charge in [0, 0.05) is 19.3 Å². The van der Waals surface area contributed by atoms with Crippen LogP contribution < -0.4 is 10.1 Å². The molecule has 0 saturated carbocycles. The third kappa shape index (κ3) is 5.80. The van der Waals surface area contributed by atoms with Gasteiger partial charge in [0.05, 0.1) is 18.4 Å². The van der Waals surface area contributed by atoms with E-state index in [0.717, 1.165) is 24.2 Å². The lowest BCUT2D eigenvalue weighted by Gasteiger charge is -2.17. The van der Waals surface area contributed by atoms with E-state index < -0.39 is 10.0 Å². The zero-order chi connectivity index (χ0) is 19.9. The smallest absolute Gasteiger partial charge is 0.242 e. The molecular weight excluding hydrogens is 364 g/mol. The SMILES string of the molecule is CCCCN(C)S(=O)(=O)c1ccc(NC(=O)Cc2ccc(OC)cc2)cc1. The minimum absolute atomic E-state index is 0.171. The molecule has 0 aromatic heterocycles. The quantitative estimate of drug-likeness (QED) is 0.713. The molecule has 0 radical (unpaired) electrons. The molecule has 1 amide bonds. The lowest BCUT2D eigenvalue weighted by atomic mass is 10.1. The van der Waals surface area contributed by atoms with E-state index in [0.29, 0.717) is 12.2 Å². The van der Waals surface area contributed by atoms with E-state index in [-0.39, 0.29) is 17.2 Å². The van der Waals surface area contributed by atoms with Gasteiger partial charge >= 0.3 is 0 Å². The number of unbranched alkanes of at least 4 members (excludes halogenated alkanes) is 1. The molecule has 0 aliphatic heterocycles. The monoisotopic (exact) mass is 390 g/mol. The predicted octanol–water partition coefficient (Wildman–Crippen LogP) is 3.30. The second-order valence-corrected chi connectivity index (χ2v) is 8.32. The Morgan fingerprint density at radius 3 is 2.26 bits per heavy atom. The number of anilines is 1. The van der Waals surface area contributed by atoms with Gasteiger partial charge in [-0.2, -0.15) is 0 Å². The van der Waals surface area contributed by atoms with E-state index in [4.69, 9.17) is 4.74 Å². The topological polar surface area (TPSA) is 75.7 Å².